The molecule has 112 valence electrons. The second-order valence-corrected chi connectivity index (χ2v) is 4.81. The Balaban J connectivity index is 0.00000400. The van der Waals surface area contributed by atoms with Crippen LogP contribution in [-0.4, -0.2) is 85.9 Å². The number of ether oxygens (including phenoxy) is 1. The average molecular weight is 412 g/mol. The van der Waals surface area contributed by atoms with Crippen molar-refractivity contribution in [1.29, 1.82) is 0 Å². The van der Waals surface area contributed by atoms with Crippen molar-refractivity contribution in [3.8, 4) is 0 Å². The van der Waals surface area contributed by atoms with E-state index < -0.39 is 5.97 Å². The van der Waals surface area contributed by atoms with E-state index in [4.69, 9.17) is 9.84 Å². The fourth-order valence-electron chi connectivity index (χ4n) is 1.89. The molecular weight excluding hydrogens is 389 g/mol. The van der Waals surface area contributed by atoms with Gasteiger partial charge in [0, 0.05) is 12.8 Å². The van der Waals surface area contributed by atoms with E-state index in [1.54, 1.807) is 0 Å². The average Bonchev–Trinajstić information content (AvgIpc) is 2.45. The molecule has 1 rings (SSSR count). The molecule has 1 aromatic rings. The van der Waals surface area contributed by atoms with Gasteiger partial charge in [0.2, 0.25) is 0 Å². The molecule has 0 atom stereocenters. The van der Waals surface area contributed by atoms with E-state index in [0.717, 1.165) is 31.2 Å². The van der Waals surface area contributed by atoms with Crippen molar-refractivity contribution in [3.05, 3.63) is 35.9 Å². The predicted octanol–water partition coefficient (Wildman–Crippen LogP) is 2.90. The molecule has 0 heterocycles. The van der Waals surface area contributed by atoms with Gasteiger partial charge in [-0.1, -0.05) is 49.6 Å². The predicted molar refractivity (Wildman–Crippen MR) is 83.3 cm³/mol. The van der Waals surface area contributed by atoms with Crippen molar-refractivity contribution in [1.82, 2.24) is 0 Å². The van der Waals surface area contributed by atoms with Crippen molar-refractivity contribution in [3.63, 3.8) is 0 Å². The van der Waals surface area contributed by atoms with Crippen molar-refractivity contribution >= 4 is 80.8 Å². The van der Waals surface area contributed by atoms with Crippen LogP contribution in [0.3, 0.4) is 0 Å². The summed E-state index contributed by atoms with van der Waals surface area (Å²) in [6.45, 7) is 0.332. The van der Waals surface area contributed by atoms with Gasteiger partial charge in [-0.05, 0) is 18.4 Å². The topological polar surface area (TPSA) is 63.6 Å². The van der Waals surface area contributed by atoms with Gasteiger partial charge in [0.25, 0.3) is 0 Å². The Kier molecular flexibility index (Phi) is 14.0. The fraction of sp³-hybridized carbons (Fsp3) is 0.500. The minimum atomic E-state index is -0.741. The van der Waals surface area contributed by atoms with E-state index in [1.807, 2.05) is 30.3 Å². The van der Waals surface area contributed by atoms with Gasteiger partial charge < -0.3 is 9.84 Å². The molecule has 0 saturated heterocycles. The summed E-state index contributed by atoms with van der Waals surface area (Å²) < 4.78 is 5.17. The Hall–Kier alpha value is 0.212. The second kappa shape index (κ2) is 13.8. The zero-order chi connectivity index (χ0) is 14.6. The Bertz CT molecular complexity index is 406. The molecule has 0 aromatic heterocycles. The summed E-state index contributed by atoms with van der Waals surface area (Å²) in [4.78, 5) is 21.8. The number of aliphatic carboxylic acids is 1. The number of esters is 1. The monoisotopic (exact) mass is 412 g/mol. The van der Waals surface area contributed by atoms with Crippen LogP contribution < -0.4 is 0 Å². The molecule has 0 aliphatic rings. The van der Waals surface area contributed by atoms with Gasteiger partial charge in [-0.15, -0.1) is 0 Å². The van der Waals surface area contributed by atoms with Gasteiger partial charge in [0.05, 0.1) is 0 Å². The van der Waals surface area contributed by atoms with E-state index >= 15 is 0 Å². The summed E-state index contributed by atoms with van der Waals surface area (Å²) in [6, 6.07) is 9.61. The maximum absolute atomic E-state index is 11.5. The number of rotatable bonds is 10. The molecule has 4 nitrogen and oxygen atoms in total. The number of unbranched alkanes of at least 4 members (excludes halogenated alkanes) is 4. The molecule has 0 amide bonds. The van der Waals surface area contributed by atoms with Crippen LogP contribution in [0.25, 0.3) is 0 Å². The molecule has 1 N–H and O–H groups in total. The fourth-order valence-corrected chi connectivity index (χ4v) is 1.89. The third-order valence-corrected chi connectivity index (χ3v) is 3.01. The maximum atomic E-state index is 11.5. The first kappa shape index (κ1) is 21.2. The Labute approximate surface area is 185 Å². The number of carbonyl (C=O) groups is 2. The van der Waals surface area contributed by atoms with E-state index in [1.165, 1.54) is 0 Å². The van der Waals surface area contributed by atoms with Gasteiger partial charge in [-0.2, -0.15) is 0 Å². The zero-order valence-electron chi connectivity index (χ0n) is 11.7. The first-order chi connectivity index (χ1) is 9.68. The third kappa shape index (κ3) is 12.4. The molecule has 0 saturated carbocycles. The van der Waals surface area contributed by atoms with Crippen LogP contribution in [-0.2, 0) is 20.9 Å². The summed E-state index contributed by atoms with van der Waals surface area (Å²) in [6.07, 6.45) is 5.02. The Morgan fingerprint density at radius 3 is 2.10 bits per heavy atom. The number of carboxylic acids is 1. The molecular formula is C16H23CsO4. The Morgan fingerprint density at radius 2 is 1.48 bits per heavy atom. The van der Waals surface area contributed by atoms with Crippen LogP contribution in [0.4, 0.5) is 0 Å². The summed E-state index contributed by atoms with van der Waals surface area (Å²) in [5.74, 6) is -0.908. The van der Waals surface area contributed by atoms with Gasteiger partial charge in [-0.25, -0.2) is 0 Å². The van der Waals surface area contributed by atoms with Gasteiger partial charge in [0.15, 0.2) is 0 Å². The number of hydrogen-bond donors (Lipinski definition) is 1. The van der Waals surface area contributed by atoms with E-state index in [-0.39, 0.29) is 81.3 Å². The number of hydrogen-bond acceptors (Lipinski definition) is 3. The third-order valence-electron chi connectivity index (χ3n) is 3.01. The molecule has 0 fully saturated rings. The van der Waals surface area contributed by atoms with Crippen molar-refractivity contribution in [2.24, 2.45) is 0 Å². The van der Waals surface area contributed by atoms with Crippen molar-refractivity contribution < 1.29 is 19.4 Å². The SMILES string of the molecule is O=C(O)CCCCCCCC(=O)OCc1ccccc1.[CsH]. The summed E-state index contributed by atoms with van der Waals surface area (Å²) in [7, 11) is 0. The summed E-state index contributed by atoms with van der Waals surface area (Å²) in [5, 5.41) is 8.48. The standard InChI is InChI=1S/C16H22O4.Cs.H/c17-15(18)11-7-2-1-3-8-12-16(19)20-13-14-9-5-4-6-10-14;;/h4-6,9-10H,1-3,7-8,11-13H2,(H,17,18);;. The van der Waals surface area contributed by atoms with Gasteiger partial charge >= 0.3 is 80.8 Å². The number of carbonyl (C=O) groups excluding carboxylic acids is 1. The molecule has 21 heavy (non-hydrogen) atoms. The van der Waals surface area contributed by atoms with E-state index in [2.05, 4.69) is 0 Å². The summed E-state index contributed by atoms with van der Waals surface area (Å²) >= 11 is 0. The van der Waals surface area contributed by atoms with Crippen LogP contribution in [0.5, 0.6) is 0 Å². The number of benzene rings is 1. The molecule has 0 aliphatic carbocycles. The van der Waals surface area contributed by atoms with Gasteiger partial charge in [0.1, 0.15) is 6.61 Å². The molecule has 0 bridgehead atoms. The van der Waals surface area contributed by atoms with Crippen LogP contribution in [0.15, 0.2) is 30.3 Å². The van der Waals surface area contributed by atoms with E-state index in [0.29, 0.717) is 19.4 Å². The molecule has 0 aliphatic heterocycles. The van der Waals surface area contributed by atoms with Crippen LogP contribution in [0.2, 0.25) is 0 Å². The van der Waals surface area contributed by atoms with Crippen LogP contribution in [0, 0.1) is 0 Å². The molecule has 5 heteroatoms. The molecule has 1 aromatic carbocycles. The number of carboxylic acid groups (broad SMARTS) is 1. The molecule has 0 unspecified atom stereocenters. The van der Waals surface area contributed by atoms with Crippen molar-refractivity contribution in [2.75, 3.05) is 0 Å². The second-order valence-electron chi connectivity index (χ2n) is 4.81. The van der Waals surface area contributed by atoms with Crippen molar-refractivity contribution in [2.45, 2.75) is 51.6 Å². The van der Waals surface area contributed by atoms with E-state index in [9.17, 15) is 9.59 Å². The van der Waals surface area contributed by atoms with Gasteiger partial charge in [-0.3, -0.25) is 9.59 Å². The Morgan fingerprint density at radius 1 is 0.905 bits per heavy atom. The molecule has 0 radical (unpaired) electrons. The normalized spacial score (nSPS) is 9.71. The molecule has 0 spiro atoms. The zero-order valence-corrected chi connectivity index (χ0v) is 11.7. The first-order valence-electron chi connectivity index (χ1n) is 7.10. The minimum absolute atomic E-state index is 0. The summed E-state index contributed by atoms with van der Waals surface area (Å²) in [5.41, 5.74) is 0.995. The van der Waals surface area contributed by atoms with Crippen LogP contribution in [0.1, 0.15) is 50.5 Å². The quantitative estimate of drug-likeness (QED) is 0.474. The first-order valence-corrected chi connectivity index (χ1v) is 7.10. The van der Waals surface area contributed by atoms with Crippen LogP contribution >= 0.6 is 0 Å².